The number of rotatable bonds is 20. The highest BCUT2D eigenvalue weighted by Crippen LogP contribution is 2.46. The summed E-state index contributed by atoms with van der Waals surface area (Å²) < 4.78 is 62.6. The van der Waals surface area contributed by atoms with Crippen LogP contribution in [0, 0.1) is 11.8 Å². The van der Waals surface area contributed by atoms with E-state index in [-0.39, 0.29) is 77.9 Å². The number of ether oxygens (including phenoxy) is 6. The lowest BCUT2D eigenvalue weighted by Gasteiger charge is -2.32. The number of hydrogen-bond acceptors (Lipinski definition) is 36. The number of anilines is 17. The normalized spacial score (nSPS) is 17.5. The number of alkyl halides is 2. The van der Waals surface area contributed by atoms with Crippen molar-refractivity contribution >= 4 is 105 Å². The molecule has 43 heteroatoms. The number of halogens is 2. The number of carbonyl (C=O) groups excluding carboxylic acids is 1. The summed E-state index contributed by atoms with van der Waals surface area (Å²) in [5.41, 5.74) is 31.0. The zero-order valence-electron chi connectivity index (χ0n) is 67.1. The van der Waals surface area contributed by atoms with Gasteiger partial charge in [-0.2, -0.15) is 38.7 Å². The first kappa shape index (κ1) is 82.7. The Morgan fingerprint density at radius 3 is 1.24 bits per heavy atom. The van der Waals surface area contributed by atoms with Gasteiger partial charge in [0.15, 0.2) is 34.8 Å². The van der Waals surface area contributed by atoms with Crippen molar-refractivity contribution in [2.24, 2.45) is 11.8 Å². The van der Waals surface area contributed by atoms with Gasteiger partial charge in [0.1, 0.15) is 24.3 Å². The van der Waals surface area contributed by atoms with Gasteiger partial charge < -0.3 is 112 Å². The number of amides is 1. The topological polar surface area (TPSA) is 485 Å². The van der Waals surface area contributed by atoms with Crippen molar-refractivity contribution in [3.63, 3.8) is 0 Å². The molecule has 4 aromatic carbocycles. The van der Waals surface area contributed by atoms with Gasteiger partial charge in [-0.05, 0) is 147 Å². The summed E-state index contributed by atoms with van der Waals surface area (Å²) >= 11 is 0. The smallest absolute Gasteiger partial charge is 0.396 e. The number of nitrogen functional groups attached to an aromatic ring is 4. The molecular weight excluding hydrogens is 1590 g/mol. The SMILES string of the molecule is Nc1nc(Nc2ccc(N3CCOCC3)cc2)nn1-c1cc(N2CCC[C@@H](CO)C2)ncn1.Nc1nc(Nc2ccc(N3CCOCC3)cc2)nn1-c1cc(N2CCC[C@H](CO)C2)ncn1.Nc1nc(Nc2ccc(N3CCOCC3)cc2)nn1-c1ccc(C(=O)N2CCOCC2)cn1.Nc1nc(Nc2cccc3c2OC(F)(F)O3)nn1-c1ccccn1. The van der Waals surface area contributed by atoms with E-state index in [2.05, 4.69) is 162 Å². The summed E-state index contributed by atoms with van der Waals surface area (Å²) in [4.78, 5) is 68.6. The minimum atomic E-state index is -3.71. The fraction of sp³-hybridized carbons (Fsp3) is 0.362. The van der Waals surface area contributed by atoms with Crippen LogP contribution < -0.4 is 78.2 Å². The Balaban J connectivity index is 0.000000122. The van der Waals surface area contributed by atoms with Crippen LogP contribution in [0.5, 0.6) is 11.5 Å². The van der Waals surface area contributed by atoms with Crippen LogP contribution in [0.1, 0.15) is 36.0 Å². The van der Waals surface area contributed by atoms with E-state index in [0.29, 0.717) is 73.0 Å². The standard InChI is InChI=1S/2C22H29N9O2.C22H26N8O3.C14H10F2N6O2/c2*23-21-27-22(26-17-3-5-18(6-4-17)29-8-10-33-11-9-29)28-31(21)20-12-19(24-15-25-20)30-7-1-2-16(13-30)14-32;23-21-26-22(25-17-2-4-18(5-3-17)28-7-11-32-12-8-28)27-30(21)19-6-1-16(15-24-19)20(31)29-9-13-33-14-10-29;15-14(16)23-9-5-3-4-8(11(9)24-14)19-13-20-12(17)22(21-13)10-6-1-2-7-18-10/h2*3-6,12,15-16,32H,1-2,7-11,13-14H2,(H3,23,26,27,28);1-6,15H,7-14H2,(H3,23,25,26,27);1-7H,(H3,17,19,20,21)/t2*16-;;/m10../s1. The van der Waals surface area contributed by atoms with Gasteiger partial charge in [0, 0.05) is 150 Å². The van der Waals surface area contributed by atoms with E-state index in [1.807, 2.05) is 48.5 Å². The summed E-state index contributed by atoms with van der Waals surface area (Å²) in [6, 6.07) is 41.1. The Bertz CT molecular complexity index is 5290. The van der Waals surface area contributed by atoms with E-state index >= 15 is 0 Å². The van der Waals surface area contributed by atoms with Gasteiger partial charge in [-0.15, -0.1) is 29.2 Å². The van der Waals surface area contributed by atoms with E-state index in [1.54, 1.807) is 41.4 Å². The molecule has 15 heterocycles. The summed E-state index contributed by atoms with van der Waals surface area (Å²) in [5, 5.41) is 49.0. The molecule has 0 unspecified atom stereocenters. The second kappa shape index (κ2) is 38.6. The Labute approximate surface area is 703 Å². The molecule has 6 saturated heterocycles. The number of fused-ring (bicyclic) bond motifs is 1. The number of piperidine rings is 2. The summed E-state index contributed by atoms with van der Waals surface area (Å²) in [7, 11) is 0. The maximum absolute atomic E-state index is 13.2. The molecule has 0 aliphatic carbocycles. The fourth-order valence-corrected chi connectivity index (χ4v) is 14.7. The molecule has 12 aromatic rings. The van der Waals surface area contributed by atoms with E-state index in [0.717, 1.165) is 177 Å². The van der Waals surface area contributed by atoms with Crippen LogP contribution in [-0.4, -0.2) is 261 Å². The lowest BCUT2D eigenvalue weighted by molar-refractivity contribution is -0.286. The van der Waals surface area contributed by atoms with Crippen LogP contribution in [0.2, 0.25) is 0 Å². The average Bonchev–Trinajstić information content (AvgIpc) is 1.65. The van der Waals surface area contributed by atoms with Gasteiger partial charge >= 0.3 is 6.29 Å². The lowest BCUT2D eigenvalue weighted by atomic mass is 9.99. The van der Waals surface area contributed by atoms with Crippen LogP contribution in [-0.2, 0) is 18.9 Å². The Morgan fingerprint density at radius 1 is 0.423 bits per heavy atom. The molecule has 642 valence electrons. The number of aromatic nitrogens is 18. The van der Waals surface area contributed by atoms with Crippen LogP contribution in [0.3, 0.4) is 0 Å². The third kappa shape index (κ3) is 20.7. The van der Waals surface area contributed by atoms with Gasteiger partial charge in [-0.25, -0.2) is 29.9 Å². The van der Waals surface area contributed by atoms with Crippen molar-refractivity contribution in [2.75, 3.05) is 213 Å². The van der Waals surface area contributed by atoms with E-state index < -0.39 is 6.29 Å². The molecule has 0 spiro atoms. The number of morpholine rings is 4. The third-order valence-electron chi connectivity index (χ3n) is 21.0. The first-order valence-electron chi connectivity index (χ1n) is 40.3. The highest BCUT2D eigenvalue weighted by Gasteiger charge is 2.45. The highest BCUT2D eigenvalue weighted by molar-refractivity contribution is 5.94. The zero-order valence-corrected chi connectivity index (χ0v) is 67.1. The van der Waals surface area contributed by atoms with Crippen molar-refractivity contribution in [3.05, 3.63) is 164 Å². The quantitative estimate of drug-likeness (QED) is 0.0391. The molecule has 0 bridgehead atoms. The lowest BCUT2D eigenvalue weighted by Crippen LogP contribution is -2.40. The Hall–Kier alpha value is -14.0. The molecule has 8 aromatic heterocycles. The van der Waals surface area contributed by atoms with E-state index in [4.69, 9.17) is 41.9 Å². The zero-order chi connectivity index (χ0) is 84.6. The second-order valence-electron chi connectivity index (χ2n) is 29.3. The van der Waals surface area contributed by atoms with Crippen LogP contribution >= 0.6 is 0 Å². The molecule has 2 atom stereocenters. The molecule has 14 N–H and O–H groups in total. The number of hydrogen-bond donors (Lipinski definition) is 10. The number of para-hydroxylation sites is 1. The number of nitrogens with one attached hydrogen (secondary N) is 4. The molecule has 0 radical (unpaired) electrons. The van der Waals surface area contributed by atoms with Crippen molar-refractivity contribution in [3.8, 4) is 34.8 Å². The van der Waals surface area contributed by atoms with Crippen LogP contribution in [0.15, 0.2) is 159 Å². The number of carbonyl (C=O) groups is 1. The number of nitrogens with zero attached hydrogens (tertiary/aromatic N) is 24. The number of pyridine rings is 2. The van der Waals surface area contributed by atoms with E-state index in [9.17, 15) is 23.8 Å². The first-order chi connectivity index (χ1) is 60.1. The summed E-state index contributed by atoms with van der Waals surface area (Å²) in [6.45, 7) is 15.9. The van der Waals surface area contributed by atoms with Gasteiger partial charge in [0.05, 0.1) is 64.1 Å². The molecule has 6 fully saturated rings. The molecule has 19 rings (SSSR count). The van der Waals surface area contributed by atoms with Crippen molar-refractivity contribution < 1.29 is 52.2 Å². The van der Waals surface area contributed by atoms with Gasteiger partial charge in [-0.3, -0.25) is 4.79 Å². The monoisotopic (exact) mass is 1680 g/mol. The molecular formula is C80H94F2N32O9. The molecule has 0 saturated carbocycles. The van der Waals surface area contributed by atoms with Gasteiger partial charge in [0.25, 0.3) is 5.91 Å². The predicted molar refractivity (Wildman–Crippen MR) is 455 cm³/mol. The number of benzene rings is 4. The fourth-order valence-electron chi connectivity index (χ4n) is 14.7. The molecule has 123 heavy (non-hydrogen) atoms. The highest BCUT2D eigenvalue weighted by atomic mass is 19.3. The maximum atomic E-state index is 13.2. The summed E-state index contributed by atoms with van der Waals surface area (Å²) in [5.74, 6) is 5.89. The Kier molecular flexibility index (Phi) is 25.9. The van der Waals surface area contributed by atoms with Crippen LogP contribution in [0.4, 0.5) is 108 Å². The van der Waals surface area contributed by atoms with E-state index in [1.165, 1.54) is 55.8 Å². The van der Waals surface area contributed by atoms with Crippen LogP contribution in [0.25, 0.3) is 23.3 Å². The largest absolute Gasteiger partial charge is 0.586 e. The predicted octanol–water partition coefficient (Wildman–Crippen LogP) is 6.46. The minimum Gasteiger partial charge on any atom is -0.396 e. The van der Waals surface area contributed by atoms with Gasteiger partial charge in [0.2, 0.25) is 47.6 Å². The molecule has 41 nitrogen and oxygen atoms in total. The first-order valence-corrected chi connectivity index (χ1v) is 40.3. The number of aliphatic hydroxyl groups excluding tert-OH is 2. The molecule has 7 aliphatic rings. The summed E-state index contributed by atoms with van der Waals surface area (Å²) in [6.07, 6.45) is 6.53. The molecule has 7 aliphatic heterocycles. The number of nitrogens with two attached hydrogens (primary N) is 4. The maximum Gasteiger partial charge on any atom is 0.586 e. The van der Waals surface area contributed by atoms with Gasteiger partial charge in [-0.1, -0.05) is 12.1 Å². The minimum absolute atomic E-state index is 0.0632. The van der Waals surface area contributed by atoms with Crippen molar-refractivity contribution in [1.82, 2.24) is 93.9 Å². The third-order valence-corrected chi connectivity index (χ3v) is 21.0. The number of aliphatic hydroxyl groups is 2. The second-order valence-corrected chi connectivity index (χ2v) is 29.3. The Morgan fingerprint density at radius 2 is 0.829 bits per heavy atom. The van der Waals surface area contributed by atoms with Crippen molar-refractivity contribution in [2.45, 2.75) is 32.0 Å². The molecule has 1 amide bonds. The van der Waals surface area contributed by atoms with Crippen molar-refractivity contribution in [1.29, 1.82) is 0 Å². The average molecular weight is 1690 g/mol.